The highest BCUT2D eigenvalue weighted by molar-refractivity contribution is 6.51. The van der Waals surface area contributed by atoms with E-state index >= 15 is 0 Å². The van der Waals surface area contributed by atoms with Gasteiger partial charge in [-0.3, -0.25) is 14.5 Å². The first-order chi connectivity index (χ1) is 17.6. The quantitative estimate of drug-likeness (QED) is 0.223. The lowest BCUT2D eigenvalue weighted by Crippen LogP contribution is -2.29. The molecule has 6 nitrogen and oxygen atoms in total. The van der Waals surface area contributed by atoms with Crippen LogP contribution in [0, 0.1) is 0 Å². The number of aliphatic hydroxyl groups excluding tert-OH is 1. The maximum Gasteiger partial charge on any atom is 0.300 e. The van der Waals surface area contributed by atoms with Crippen molar-refractivity contribution in [2.75, 3.05) is 18.6 Å². The maximum absolute atomic E-state index is 13.4. The molecule has 1 aliphatic rings. The van der Waals surface area contributed by atoms with Gasteiger partial charge in [-0.25, -0.2) is 0 Å². The highest BCUT2D eigenvalue weighted by Crippen LogP contribution is 2.43. The number of methoxy groups -OCH3 is 1. The number of halogens is 1. The zero-order valence-corrected chi connectivity index (χ0v) is 22.3. The molecule has 7 heteroatoms. The number of ketones is 1. The molecule has 192 valence electrons. The van der Waals surface area contributed by atoms with E-state index in [0.717, 1.165) is 5.56 Å². The molecular formula is C30H30ClNO5. The van der Waals surface area contributed by atoms with Crippen molar-refractivity contribution >= 4 is 34.7 Å². The molecule has 0 saturated carbocycles. The molecule has 0 radical (unpaired) electrons. The third-order valence-electron chi connectivity index (χ3n) is 6.39. The highest BCUT2D eigenvalue weighted by Gasteiger charge is 2.47. The SMILES string of the molecule is CCOc1ccc(N2C(=O)C(=O)/C(=C(\O)c3ccc(Cl)c(OC)c3)C2c2ccc(C(C)(C)C)cc2)cc1. The number of amides is 1. The van der Waals surface area contributed by atoms with Crippen molar-refractivity contribution in [2.45, 2.75) is 39.2 Å². The Bertz CT molecular complexity index is 1350. The van der Waals surface area contributed by atoms with Gasteiger partial charge in [-0.2, -0.15) is 0 Å². The van der Waals surface area contributed by atoms with Crippen LogP contribution in [-0.2, 0) is 15.0 Å². The van der Waals surface area contributed by atoms with E-state index in [9.17, 15) is 14.7 Å². The van der Waals surface area contributed by atoms with E-state index in [0.29, 0.717) is 39.9 Å². The molecule has 0 bridgehead atoms. The fourth-order valence-corrected chi connectivity index (χ4v) is 4.61. The van der Waals surface area contributed by atoms with Crippen molar-refractivity contribution in [1.82, 2.24) is 0 Å². The zero-order valence-electron chi connectivity index (χ0n) is 21.5. The van der Waals surface area contributed by atoms with E-state index in [4.69, 9.17) is 21.1 Å². The number of carbonyl (C=O) groups is 2. The Morgan fingerprint density at radius 1 is 1.00 bits per heavy atom. The van der Waals surface area contributed by atoms with Crippen molar-refractivity contribution in [3.8, 4) is 11.5 Å². The van der Waals surface area contributed by atoms with Gasteiger partial charge in [0, 0.05) is 11.3 Å². The molecule has 1 amide bonds. The first kappa shape index (κ1) is 26.3. The molecule has 4 rings (SSSR count). The molecule has 1 N–H and O–H groups in total. The number of ether oxygens (including phenoxy) is 2. The lowest BCUT2D eigenvalue weighted by Gasteiger charge is -2.27. The molecule has 1 atom stereocenters. The van der Waals surface area contributed by atoms with Crippen LogP contribution in [0.25, 0.3) is 5.76 Å². The second-order valence-electron chi connectivity index (χ2n) is 9.82. The smallest absolute Gasteiger partial charge is 0.300 e. The summed E-state index contributed by atoms with van der Waals surface area (Å²) < 4.78 is 10.8. The number of anilines is 1. The van der Waals surface area contributed by atoms with E-state index in [1.165, 1.54) is 12.0 Å². The Morgan fingerprint density at radius 2 is 1.65 bits per heavy atom. The maximum atomic E-state index is 13.4. The fourth-order valence-electron chi connectivity index (χ4n) is 4.41. The largest absolute Gasteiger partial charge is 0.507 e. The minimum Gasteiger partial charge on any atom is -0.507 e. The summed E-state index contributed by atoms with van der Waals surface area (Å²) >= 11 is 6.16. The summed E-state index contributed by atoms with van der Waals surface area (Å²) in [6.45, 7) is 8.74. The summed E-state index contributed by atoms with van der Waals surface area (Å²) in [6, 6.07) is 18.6. The lowest BCUT2D eigenvalue weighted by atomic mass is 9.85. The van der Waals surface area contributed by atoms with Crippen LogP contribution in [0.15, 0.2) is 72.3 Å². The van der Waals surface area contributed by atoms with Crippen molar-refractivity contribution in [3.05, 3.63) is 94.0 Å². The van der Waals surface area contributed by atoms with Crippen LogP contribution < -0.4 is 14.4 Å². The van der Waals surface area contributed by atoms with Crippen molar-refractivity contribution in [1.29, 1.82) is 0 Å². The predicted molar refractivity (Wildman–Crippen MR) is 146 cm³/mol. The van der Waals surface area contributed by atoms with E-state index in [2.05, 4.69) is 20.8 Å². The lowest BCUT2D eigenvalue weighted by molar-refractivity contribution is -0.132. The Balaban J connectivity index is 1.90. The number of hydrogen-bond donors (Lipinski definition) is 1. The second kappa shape index (κ2) is 10.3. The molecule has 3 aromatic rings. The van der Waals surface area contributed by atoms with Gasteiger partial charge in [0.15, 0.2) is 0 Å². The standard InChI is InChI=1S/C30H30ClNO5/c1-6-37-22-14-12-21(13-15-22)32-26(18-7-10-20(11-8-18)30(2,3)4)25(28(34)29(32)35)27(33)19-9-16-23(31)24(17-19)36-5/h7-17,26,33H,6H2,1-5H3/b27-25-. The molecule has 0 aliphatic carbocycles. The number of carbonyl (C=O) groups excluding carboxylic acids is 2. The van der Waals surface area contributed by atoms with Crippen LogP contribution in [0.5, 0.6) is 11.5 Å². The second-order valence-corrected chi connectivity index (χ2v) is 10.2. The van der Waals surface area contributed by atoms with Crippen molar-refractivity contribution in [2.24, 2.45) is 0 Å². The van der Waals surface area contributed by atoms with Gasteiger partial charge in [0.25, 0.3) is 11.7 Å². The minimum atomic E-state index is -0.839. The average Bonchev–Trinajstić information content (AvgIpc) is 3.14. The molecule has 1 aliphatic heterocycles. The van der Waals surface area contributed by atoms with Crippen LogP contribution >= 0.6 is 11.6 Å². The van der Waals surface area contributed by atoms with Crippen LogP contribution in [-0.4, -0.2) is 30.5 Å². The minimum absolute atomic E-state index is 0.00762. The number of aliphatic hydroxyl groups is 1. The normalized spacial score (nSPS) is 17.2. The van der Waals surface area contributed by atoms with Crippen molar-refractivity contribution < 1.29 is 24.2 Å². The fraction of sp³-hybridized carbons (Fsp3) is 0.267. The van der Waals surface area contributed by atoms with Gasteiger partial charge in [-0.05, 0) is 65.9 Å². The van der Waals surface area contributed by atoms with Crippen LogP contribution in [0.2, 0.25) is 5.02 Å². The Hall–Kier alpha value is -3.77. The van der Waals surface area contributed by atoms with Gasteiger partial charge < -0.3 is 14.6 Å². The van der Waals surface area contributed by atoms with E-state index in [1.807, 2.05) is 31.2 Å². The molecular weight excluding hydrogens is 490 g/mol. The van der Waals surface area contributed by atoms with Gasteiger partial charge in [0.1, 0.15) is 17.3 Å². The molecule has 1 unspecified atom stereocenters. The number of hydrogen-bond acceptors (Lipinski definition) is 5. The summed E-state index contributed by atoms with van der Waals surface area (Å²) in [5.41, 5.74) is 2.56. The van der Waals surface area contributed by atoms with Crippen LogP contribution in [0.1, 0.15) is 50.4 Å². The zero-order chi connectivity index (χ0) is 26.9. The number of benzene rings is 3. The summed E-state index contributed by atoms with van der Waals surface area (Å²) in [6.07, 6.45) is 0. The number of Topliss-reactive ketones (excluding diaryl/α,β-unsaturated/α-hetero) is 1. The molecule has 0 spiro atoms. The summed E-state index contributed by atoms with van der Waals surface area (Å²) in [5, 5.41) is 11.7. The Morgan fingerprint density at radius 3 is 2.22 bits per heavy atom. The number of nitrogens with zero attached hydrogens (tertiary/aromatic N) is 1. The van der Waals surface area contributed by atoms with Gasteiger partial charge >= 0.3 is 0 Å². The topological polar surface area (TPSA) is 76.1 Å². The van der Waals surface area contributed by atoms with Gasteiger partial charge in [-0.1, -0.05) is 56.6 Å². The Kier molecular flexibility index (Phi) is 7.32. The molecule has 1 saturated heterocycles. The van der Waals surface area contributed by atoms with Crippen molar-refractivity contribution in [3.63, 3.8) is 0 Å². The molecule has 3 aromatic carbocycles. The summed E-state index contributed by atoms with van der Waals surface area (Å²) in [7, 11) is 1.46. The third-order valence-corrected chi connectivity index (χ3v) is 6.70. The molecule has 37 heavy (non-hydrogen) atoms. The Labute approximate surface area is 222 Å². The predicted octanol–water partition coefficient (Wildman–Crippen LogP) is 6.67. The highest BCUT2D eigenvalue weighted by atomic mass is 35.5. The van der Waals surface area contributed by atoms with Gasteiger partial charge in [0.05, 0.1) is 30.4 Å². The van der Waals surface area contributed by atoms with Crippen LogP contribution in [0.3, 0.4) is 0 Å². The summed E-state index contributed by atoms with van der Waals surface area (Å²) in [5.74, 6) is -0.798. The van der Waals surface area contributed by atoms with Gasteiger partial charge in [0.2, 0.25) is 0 Å². The first-order valence-corrected chi connectivity index (χ1v) is 12.4. The average molecular weight is 520 g/mol. The molecule has 1 fully saturated rings. The molecule has 0 aromatic heterocycles. The monoisotopic (exact) mass is 519 g/mol. The molecule has 1 heterocycles. The van der Waals surface area contributed by atoms with E-state index in [1.54, 1.807) is 42.5 Å². The van der Waals surface area contributed by atoms with Crippen LogP contribution in [0.4, 0.5) is 5.69 Å². The van der Waals surface area contributed by atoms with E-state index in [-0.39, 0.29) is 16.7 Å². The summed E-state index contributed by atoms with van der Waals surface area (Å²) in [4.78, 5) is 28.2. The van der Waals surface area contributed by atoms with E-state index < -0.39 is 17.7 Å². The number of rotatable bonds is 6. The van der Waals surface area contributed by atoms with Gasteiger partial charge in [-0.15, -0.1) is 0 Å². The third kappa shape index (κ3) is 5.07. The first-order valence-electron chi connectivity index (χ1n) is 12.0.